The maximum absolute atomic E-state index is 6.28. The zero-order chi connectivity index (χ0) is 23.4. The third kappa shape index (κ3) is 3.95. The lowest BCUT2D eigenvalue weighted by Crippen LogP contribution is -2.41. The predicted molar refractivity (Wildman–Crippen MR) is 140 cm³/mol. The van der Waals surface area contributed by atoms with Crippen molar-refractivity contribution in [2.24, 2.45) is 0 Å². The third-order valence-corrected chi connectivity index (χ3v) is 7.22. The standard InChI is InChI=1S/C28H34B2O2/c1-17-13-23(29)14-18(2)25(17)21-9-11-22(12-10-21)26-19(3)15-24(16-20(26)4)30-31-27(5,6)28(7,8)32-30/h9-16H,29H2,1-8H3. The molecule has 3 aromatic rings. The van der Waals surface area contributed by atoms with Crippen LogP contribution in [0.4, 0.5) is 0 Å². The molecule has 164 valence electrons. The Hall–Kier alpha value is -2.29. The molecule has 1 aliphatic rings. The molecule has 0 spiro atoms. The molecule has 0 N–H and O–H groups in total. The second-order valence-electron chi connectivity index (χ2n) is 10.5. The summed E-state index contributed by atoms with van der Waals surface area (Å²) in [5, 5.41) is 0. The molecular formula is C28H34B2O2. The lowest BCUT2D eigenvalue weighted by Gasteiger charge is -2.32. The first-order chi connectivity index (χ1) is 14.9. The maximum Gasteiger partial charge on any atom is 0.494 e. The van der Waals surface area contributed by atoms with Crippen LogP contribution in [0.5, 0.6) is 0 Å². The van der Waals surface area contributed by atoms with Crippen LogP contribution in [0.25, 0.3) is 22.3 Å². The van der Waals surface area contributed by atoms with Gasteiger partial charge in [-0.1, -0.05) is 54.0 Å². The molecule has 1 heterocycles. The van der Waals surface area contributed by atoms with E-state index in [1.807, 2.05) is 0 Å². The predicted octanol–water partition coefficient (Wildman–Crippen LogP) is 4.81. The molecule has 0 radical (unpaired) electrons. The molecule has 4 rings (SSSR count). The molecule has 0 amide bonds. The van der Waals surface area contributed by atoms with E-state index in [-0.39, 0.29) is 18.3 Å². The number of hydrogen-bond donors (Lipinski definition) is 0. The number of aryl methyl sites for hydroxylation is 4. The van der Waals surface area contributed by atoms with Gasteiger partial charge in [0.1, 0.15) is 7.85 Å². The molecule has 1 fully saturated rings. The largest absolute Gasteiger partial charge is 0.494 e. The van der Waals surface area contributed by atoms with Crippen LogP contribution in [0.3, 0.4) is 0 Å². The highest BCUT2D eigenvalue weighted by Gasteiger charge is 2.51. The second kappa shape index (κ2) is 7.93. The molecule has 0 aromatic heterocycles. The van der Waals surface area contributed by atoms with Crippen molar-refractivity contribution in [2.75, 3.05) is 0 Å². The van der Waals surface area contributed by atoms with Crippen molar-refractivity contribution in [1.82, 2.24) is 0 Å². The van der Waals surface area contributed by atoms with Crippen molar-refractivity contribution in [3.63, 3.8) is 0 Å². The highest BCUT2D eigenvalue weighted by Crippen LogP contribution is 2.37. The van der Waals surface area contributed by atoms with Gasteiger partial charge < -0.3 is 9.31 Å². The summed E-state index contributed by atoms with van der Waals surface area (Å²) in [6, 6.07) is 18.0. The van der Waals surface area contributed by atoms with Crippen molar-refractivity contribution in [3.8, 4) is 22.3 Å². The lowest BCUT2D eigenvalue weighted by molar-refractivity contribution is 0.00578. The van der Waals surface area contributed by atoms with E-state index < -0.39 is 0 Å². The highest BCUT2D eigenvalue weighted by molar-refractivity contribution is 6.62. The number of benzene rings is 3. The number of rotatable bonds is 3. The Morgan fingerprint density at radius 2 is 0.969 bits per heavy atom. The van der Waals surface area contributed by atoms with Crippen molar-refractivity contribution < 1.29 is 9.31 Å². The van der Waals surface area contributed by atoms with Gasteiger partial charge in [0, 0.05) is 0 Å². The smallest absolute Gasteiger partial charge is 0.399 e. The van der Waals surface area contributed by atoms with Crippen molar-refractivity contribution in [2.45, 2.75) is 66.6 Å². The van der Waals surface area contributed by atoms with Crippen LogP contribution in [-0.4, -0.2) is 26.2 Å². The van der Waals surface area contributed by atoms with Gasteiger partial charge >= 0.3 is 7.12 Å². The lowest BCUT2D eigenvalue weighted by atomic mass is 9.76. The molecule has 0 bridgehead atoms. The van der Waals surface area contributed by atoms with E-state index in [9.17, 15) is 0 Å². The molecule has 32 heavy (non-hydrogen) atoms. The van der Waals surface area contributed by atoms with Gasteiger partial charge in [0.05, 0.1) is 11.2 Å². The van der Waals surface area contributed by atoms with E-state index in [1.165, 1.54) is 50.0 Å². The summed E-state index contributed by atoms with van der Waals surface area (Å²) in [4.78, 5) is 0. The van der Waals surface area contributed by atoms with Gasteiger partial charge in [-0.15, -0.1) is 0 Å². The SMILES string of the molecule is Bc1cc(C)c(-c2ccc(-c3c(C)cc(B4OC(C)(C)C(C)(C)O4)cc3C)cc2)c(C)c1. The highest BCUT2D eigenvalue weighted by atomic mass is 16.7. The fourth-order valence-corrected chi connectivity index (χ4v) is 5.01. The van der Waals surface area contributed by atoms with Crippen LogP contribution in [0.2, 0.25) is 0 Å². The van der Waals surface area contributed by atoms with Crippen molar-refractivity contribution in [1.29, 1.82) is 0 Å². The Labute approximate surface area is 194 Å². The fourth-order valence-electron chi connectivity index (χ4n) is 5.01. The zero-order valence-corrected chi connectivity index (χ0v) is 21.0. The Kier molecular flexibility index (Phi) is 5.68. The van der Waals surface area contributed by atoms with Gasteiger partial charge in [0.2, 0.25) is 0 Å². The summed E-state index contributed by atoms with van der Waals surface area (Å²) < 4.78 is 12.6. The molecular weight excluding hydrogens is 390 g/mol. The van der Waals surface area contributed by atoms with Gasteiger partial charge in [-0.05, 0) is 105 Å². The molecule has 1 saturated heterocycles. The Morgan fingerprint density at radius 1 is 0.625 bits per heavy atom. The van der Waals surface area contributed by atoms with Crippen LogP contribution in [0.15, 0.2) is 48.5 Å². The van der Waals surface area contributed by atoms with E-state index in [1.54, 1.807) is 0 Å². The quantitative estimate of drug-likeness (QED) is 0.562. The normalized spacial score (nSPS) is 17.1. The van der Waals surface area contributed by atoms with Crippen LogP contribution in [-0.2, 0) is 9.31 Å². The minimum absolute atomic E-state index is 0.332. The van der Waals surface area contributed by atoms with Crippen LogP contribution in [0, 0.1) is 27.7 Å². The third-order valence-electron chi connectivity index (χ3n) is 7.22. The molecule has 3 aromatic carbocycles. The first kappa shape index (κ1) is 22.9. The minimum Gasteiger partial charge on any atom is -0.399 e. The fraction of sp³-hybridized carbons (Fsp3) is 0.357. The van der Waals surface area contributed by atoms with Gasteiger partial charge in [0.15, 0.2) is 0 Å². The Balaban J connectivity index is 1.67. The van der Waals surface area contributed by atoms with E-state index in [2.05, 4.69) is 112 Å². The van der Waals surface area contributed by atoms with Gasteiger partial charge in [-0.25, -0.2) is 0 Å². The average Bonchev–Trinajstić information content (AvgIpc) is 2.89. The van der Waals surface area contributed by atoms with Crippen LogP contribution < -0.4 is 10.9 Å². The topological polar surface area (TPSA) is 18.5 Å². The molecule has 0 unspecified atom stereocenters. The van der Waals surface area contributed by atoms with Crippen molar-refractivity contribution in [3.05, 3.63) is 70.8 Å². The van der Waals surface area contributed by atoms with Crippen LogP contribution >= 0.6 is 0 Å². The van der Waals surface area contributed by atoms with E-state index in [0.29, 0.717) is 0 Å². The van der Waals surface area contributed by atoms with Gasteiger partial charge in [-0.3, -0.25) is 0 Å². The number of hydrogen-bond acceptors (Lipinski definition) is 2. The van der Waals surface area contributed by atoms with Gasteiger partial charge in [0.25, 0.3) is 0 Å². The Morgan fingerprint density at radius 3 is 1.34 bits per heavy atom. The van der Waals surface area contributed by atoms with Gasteiger partial charge in [-0.2, -0.15) is 0 Å². The second-order valence-corrected chi connectivity index (χ2v) is 10.5. The molecule has 2 nitrogen and oxygen atoms in total. The average molecular weight is 424 g/mol. The van der Waals surface area contributed by atoms with Crippen molar-refractivity contribution >= 4 is 25.9 Å². The summed E-state index contributed by atoms with van der Waals surface area (Å²) >= 11 is 0. The maximum atomic E-state index is 6.28. The zero-order valence-electron chi connectivity index (χ0n) is 21.0. The summed E-state index contributed by atoms with van der Waals surface area (Å²) in [5.74, 6) is 0. The monoisotopic (exact) mass is 424 g/mol. The molecule has 4 heteroatoms. The Bertz CT molecular complexity index is 1110. The molecule has 0 aliphatic carbocycles. The van der Waals surface area contributed by atoms with E-state index >= 15 is 0 Å². The molecule has 1 aliphatic heterocycles. The summed E-state index contributed by atoms with van der Waals surface area (Å²) in [7, 11) is 1.83. The first-order valence-electron chi connectivity index (χ1n) is 11.5. The minimum atomic E-state index is -0.333. The first-order valence-corrected chi connectivity index (χ1v) is 11.5. The molecule has 0 saturated carbocycles. The summed E-state index contributed by atoms with van der Waals surface area (Å²) in [5.41, 5.74) is 12.0. The van der Waals surface area contributed by atoms with Crippen LogP contribution in [0.1, 0.15) is 49.9 Å². The molecule has 0 atom stereocenters. The summed E-state index contributed by atoms with van der Waals surface area (Å²) in [6.07, 6.45) is 0. The van der Waals surface area contributed by atoms with E-state index in [4.69, 9.17) is 9.31 Å². The van der Waals surface area contributed by atoms with E-state index in [0.717, 1.165) is 5.46 Å². The summed E-state index contributed by atoms with van der Waals surface area (Å²) in [6.45, 7) is 17.1.